The van der Waals surface area contributed by atoms with E-state index in [9.17, 15) is 30.3 Å². The van der Waals surface area contributed by atoms with Crippen LogP contribution in [0, 0.1) is 0 Å². The van der Waals surface area contributed by atoms with Crippen molar-refractivity contribution in [2.45, 2.75) is 115 Å². The Balaban J connectivity index is 1.47. The Labute approximate surface area is 243 Å². The maximum absolute atomic E-state index is 12.9. The second-order valence-corrected chi connectivity index (χ2v) is 10.9. The average Bonchev–Trinajstić information content (AvgIpc) is 2.93. The third kappa shape index (κ3) is 9.32. The van der Waals surface area contributed by atoms with Gasteiger partial charge in [0, 0.05) is 36.1 Å². The zero-order valence-corrected chi connectivity index (χ0v) is 24.2. The minimum absolute atomic E-state index is 0.0363. The normalized spacial score (nSPS) is 18.2. The number of carbonyl (C=O) groups excluding carboxylic acids is 1. The fourth-order valence-corrected chi connectivity index (χ4v) is 5.17. The summed E-state index contributed by atoms with van der Waals surface area (Å²) >= 11 is 0. The Hall–Kier alpha value is -3.39. The van der Waals surface area contributed by atoms with Gasteiger partial charge in [0.05, 0.1) is 0 Å². The van der Waals surface area contributed by atoms with Crippen LogP contribution in [0.1, 0.15) is 108 Å². The summed E-state index contributed by atoms with van der Waals surface area (Å²) in [5.74, 6) is -3.99. The van der Waals surface area contributed by atoms with Crippen LogP contribution in [0.25, 0.3) is 0 Å². The molecule has 1 unspecified atom stereocenters. The fraction of sp³-hybridized carbons (Fsp3) is 0.545. The Morgan fingerprint density at radius 3 is 2.15 bits per heavy atom. The van der Waals surface area contributed by atoms with Crippen LogP contribution in [0.5, 0.6) is 28.7 Å². The number of phenolic OH excluding ortho intramolecular Hbond substituents is 4. The number of unbranched alkanes of at least 4 members (excludes halogenated alkanes) is 11. The predicted molar refractivity (Wildman–Crippen MR) is 157 cm³/mol. The van der Waals surface area contributed by atoms with E-state index in [1.807, 2.05) is 0 Å². The summed E-state index contributed by atoms with van der Waals surface area (Å²) in [7, 11) is 0. The molecule has 0 saturated carbocycles. The van der Waals surface area contributed by atoms with E-state index in [2.05, 4.69) is 19.1 Å². The smallest absolute Gasteiger partial charge is 0.309 e. The van der Waals surface area contributed by atoms with E-state index >= 15 is 0 Å². The van der Waals surface area contributed by atoms with E-state index < -0.39 is 23.6 Å². The Morgan fingerprint density at radius 1 is 0.854 bits per heavy atom. The molecule has 8 heteroatoms. The lowest BCUT2D eigenvalue weighted by Gasteiger charge is -2.41. The van der Waals surface area contributed by atoms with Crippen molar-refractivity contribution < 1.29 is 39.8 Å². The van der Waals surface area contributed by atoms with Crippen LogP contribution in [0.2, 0.25) is 0 Å². The number of benzene rings is 2. The molecule has 1 heterocycles. The molecule has 1 aliphatic rings. The van der Waals surface area contributed by atoms with Crippen LogP contribution in [0.3, 0.4) is 0 Å². The number of fused-ring (bicyclic) bond motifs is 1. The lowest BCUT2D eigenvalue weighted by molar-refractivity contribution is -0.246. The van der Waals surface area contributed by atoms with Crippen molar-refractivity contribution in [3.63, 3.8) is 0 Å². The Morgan fingerprint density at radius 2 is 1.49 bits per heavy atom. The molecule has 8 nitrogen and oxygen atoms in total. The van der Waals surface area contributed by atoms with Crippen molar-refractivity contribution in [2.24, 2.45) is 0 Å². The monoisotopic (exact) mass is 570 g/mol. The molecule has 2 atom stereocenters. The van der Waals surface area contributed by atoms with Crippen molar-refractivity contribution in [3.05, 3.63) is 53.6 Å². The van der Waals surface area contributed by atoms with E-state index in [1.165, 1.54) is 56.7 Å². The summed E-state index contributed by atoms with van der Waals surface area (Å²) in [4.78, 5) is 12.9. The van der Waals surface area contributed by atoms with Gasteiger partial charge in [-0.2, -0.15) is 0 Å². The molecule has 3 rings (SSSR count). The zero-order valence-electron chi connectivity index (χ0n) is 24.2. The summed E-state index contributed by atoms with van der Waals surface area (Å²) in [6, 6.07) is 6.12. The molecule has 0 aromatic heterocycles. The molecule has 0 radical (unpaired) electrons. The van der Waals surface area contributed by atoms with E-state index in [0.29, 0.717) is 6.42 Å². The van der Waals surface area contributed by atoms with Crippen LogP contribution in [-0.2, 0) is 21.7 Å². The molecular formula is C33H46O8. The third-order valence-electron chi connectivity index (χ3n) is 7.55. The van der Waals surface area contributed by atoms with Gasteiger partial charge in [0.15, 0.2) is 11.5 Å². The molecular weight excluding hydrogens is 524 g/mol. The standard InChI is InChI=1S/C33H46O8/c1-2-3-4-5-6-7-8-9-10-11-12-13-14-15-16-17-32(39)41-33(24-18-19-27(35)29(37)20-24)31(38)23-26-28(36)21-25(34)22-30(26)40-33/h9-10,18-22,31,34-38H,2-8,11-17,23H2,1H3/b10-9-/t31-,33?/m1/s1. The highest BCUT2D eigenvalue weighted by molar-refractivity contribution is 5.70. The maximum atomic E-state index is 12.9. The number of phenols is 4. The molecule has 0 bridgehead atoms. The van der Waals surface area contributed by atoms with Gasteiger partial charge in [0.25, 0.3) is 0 Å². The van der Waals surface area contributed by atoms with Gasteiger partial charge in [-0.25, -0.2) is 0 Å². The molecule has 0 fully saturated rings. The topological polar surface area (TPSA) is 137 Å². The van der Waals surface area contributed by atoms with Crippen molar-refractivity contribution in [3.8, 4) is 28.7 Å². The van der Waals surface area contributed by atoms with Crippen molar-refractivity contribution in [2.75, 3.05) is 0 Å². The molecule has 2 aromatic rings. The van der Waals surface area contributed by atoms with E-state index in [4.69, 9.17) is 9.47 Å². The molecule has 41 heavy (non-hydrogen) atoms. The largest absolute Gasteiger partial charge is 0.508 e. The molecule has 2 aromatic carbocycles. The number of esters is 1. The second-order valence-electron chi connectivity index (χ2n) is 10.9. The molecule has 0 spiro atoms. The first-order valence-corrected chi connectivity index (χ1v) is 15.1. The van der Waals surface area contributed by atoms with Crippen molar-refractivity contribution in [1.82, 2.24) is 0 Å². The Bertz CT molecular complexity index is 1140. The number of aliphatic hydroxyl groups excluding tert-OH is 1. The summed E-state index contributed by atoms with van der Waals surface area (Å²) < 4.78 is 11.7. The van der Waals surface area contributed by atoms with Crippen LogP contribution in [-0.4, -0.2) is 37.6 Å². The van der Waals surface area contributed by atoms with Crippen LogP contribution in [0.15, 0.2) is 42.5 Å². The fourth-order valence-electron chi connectivity index (χ4n) is 5.17. The lowest BCUT2D eigenvalue weighted by Crippen LogP contribution is -2.52. The average molecular weight is 571 g/mol. The first-order chi connectivity index (χ1) is 19.8. The van der Waals surface area contributed by atoms with E-state index in [0.717, 1.165) is 50.7 Å². The molecule has 0 aliphatic carbocycles. The number of hydrogen-bond acceptors (Lipinski definition) is 8. The summed E-state index contributed by atoms with van der Waals surface area (Å²) in [6.07, 6.45) is 17.9. The van der Waals surface area contributed by atoms with E-state index in [1.54, 1.807) is 0 Å². The number of aliphatic hydroxyl groups is 1. The molecule has 5 N–H and O–H groups in total. The minimum Gasteiger partial charge on any atom is -0.508 e. The van der Waals surface area contributed by atoms with Crippen LogP contribution in [0.4, 0.5) is 0 Å². The van der Waals surface area contributed by atoms with E-state index in [-0.39, 0.29) is 47.0 Å². The second kappa shape index (κ2) is 16.2. The highest BCUT2D eigenvalue weighted by atomic mass is 16.7. The molecule has 1 aliphatic heterocycles. The molecule has 0 amide bonds. The Kier molecular flexibility index (Phi) is 12.7. The highest BCUT2D eigenvalue weighted by Gasteiger charge is 2.50. The maximum Gasteiger partial charge on any atom is 0.309 e. The van der Waals surface area contributed by atoms with Crippen LogP contribution >= 0.6 is 0 Å². The number of aromatic hydroxyl groups is 4. The van der Waals surface area contributed by atoms with Gasteiger partial charge >= 0.3 is 11.8 Å². The first-order valence-electron chi connectivity index (χ1n) is 15.1. The van der Waals surface area contributed by atoms with Gasteiger partial charge in [-0.05, 0) is 50.3 Å². The van der Waals surface area contributed by atoms with Gasteiger partial charge in [-0.3, -0.25) is 4.79 Å². The zero-order chi connectivity index (χ0) is 29.7. The molecule has 0 saturated heterocycles. The van der Waals surface area contributed by atoms with Gasteiger partial charge < -0.3 is 35.0 Å². The van der Waals surface area contributed by atoms with Crippen molar-refractivity contribution in [1.29, 1.82) is 0 Å². The quantitative estimate of drug-likeness (QED) is 0.0581. The number of rotatable bonds is 17. The van der Waals surface area contributed by atoms with Crippen molar-refractivity contribution >= 4 is 5.97 Å². The molecule has 226 valence electrons. The van der Waals surface area contributed by atoms with Gasteiger partial charge in [0.2, 0.25) is 0 Å². The van der Waals surface area contributed by atoms with Gasteiger partial charge in [-0.1, -0.05) is 70.4 Å². The first kappa shape index (κ1) is 32.1. The minimum atomic E-state index is -2.04. The number of carbonyl (C=O) groups is 1. The van der Waals surface area contributed by atoms with Gasteiger partial charge in [-0.15, -0.1) is 0 Å². The number of ether oxygens (including phenoxy) is 2. The summed E-state index contributed by atoms with van der Waals surface area (Å²) in [5.41, 5.74) is 0.355. The number of allylic oxidation sites excluding steroid dienone is 2. The van der Waals surface area contributed by atoms with Gasteiger partial charge in [0.1, 0.15) is 23.4 Å². The lowest BCUT2D eigenvalue weighted by atomic mass is 9.90. The number of hydrogen-bond donors (Lipinski definition) is 5. The summed E-state index contributed by atoms with van der Waals surface area (Å²) in [5, 5.41) is 51.1. The predicted octanol–water partition coefficient (Wildman–Crippen LogP) is 7.24. The summed E-state index contributed by atoms with van der Waals surface area (Å²) in [6.45, 7) is 2.24. The van der Waals surface area contributed by atoms with Crippen LogP contribution < -0.4 is 4.74 Å². The highest BCUT2D eigenvalue weighted by Crippen LogP contribution is 2.46. The third-order valence-corrected chi connectivity index (χ3v) is 7.55. The SMILES string of the molecule is CCCCCCCC/C=C\CCCCCCCC(=O)OC1(c2ccc(O)c(O)c2)Oc2cc(O)cc(O)c2C[C@H]1O.